The number of halogens is 2. The van der Waals surface area contributed by atoms with Gasteiger partial charge in [-0.2, -0.15) is 0 Å². The van der Waals surface area contributed by atoms with E-state index in [-0.39, 0.29) is 9.92 Å². The van der Waals surface area contributed by atoms with Gasteiger partial charge in [0.05, 0.1) is 10.9 Å². The summed E-state index contributed by atoms with van der Waals surface area (Å²) in [5.41, 5.74) is 1.69. The summed E-state index contributed by atoms with van der Waals surface area (Å²) in [4.78, 5) is 12.3. The largest absolute Gasteiger partial charge is 0.273 e. The maximum absolute atomic E-state index is 12.4. The fourth-order valence-electron chi connectivity index (χ4n) is 2.80. The van der Waals surface area contributed by atoms with Crippen molar-refractivity contribution in [3.63, 3.8) is 0 Å². The van der Waals surface area contributed by atoms with E-state index in [4.69, 9.17) is 23.2 Å². The van der Waals surface area contributed by atoms with Gasteiger partial charge in [0.1, 0.15) is 4.90 Å². The zero-order chi connectivity index (χ0) is 16.6. The highest BCUT2D eigenvalue weighted by atomic mass is 35.5. The summed E-state index contributed by atoms with van der Waals surface area (Å²) in [6.45, 7) is 0. The third kappa shape index (κ3) is 3.09. The van der Waals surface area contributed by atoms with Gasteiger partial charge in [0.25, 0.3) is 10.0 Å². The molecule has 1 aliphatic rings. The summed E-state index contributed by atoms with van der Waals surface area (Å²) in [5.74, 6) is -1.09. The van der Waals surface area contributed by atoms with E-state index in [1.807, 2.05) is 0 Å². The normalized spacial score (nSPS) is 16.9. The zero-order valence-corrected chi connectivity index (χ0v) is 14.3. The number of nitrogens with one attached hydrogen (secondary N) is 1. The molecule has 0 heterocycles. The first-order chi connectivity index (χ1) is 10.9. The predicted molar refractivity (Wildman–Crippen MR) is 89.3 cm³/mol. The van der Waals surface area contributed by atoms with Crippen molar-refractivity contribution in [3.05, 3.63) is 63.6 Å². The first-order valence-corrected chi connectivity index (χ1v) is 9.22. The molecule has 4 nitrogen and oxygen atoms in total. The van der Waals surface area contributed by atoms with Crippen LogP contribution < -0.4 is 4.72 Å². The number of carbonyl (C=O) groups excluding carboxylic acids is 1. The molecule has 0 spiro atoms. The van der Waals surface area contributed by atoms with Gasteiger partial charge in [-0.3, -0.25) is 4.79 Å². The Morgan fingerprint density at radius 1 is 1.04 bits per heavy atom. The predicted octanol–water partition coefficient (Wildman–Crippen LogP) is 3.53. The lowest BCUT2D eigenvalue weighted by Gasteiger charge is -2.13. The summed E-state index contributed by atoms with van der Waals surface area (Å²) in [6, 6.07) is 11.3. The molecule has 0 bridgehead atoms. The fraction of sp³-hybridized carbons (Fsp3) is 0.188. The minimum Gasteiger partial charge on any atom is -0.273 e. The van der Waals surface area contributed by atoms with Crippen LogP contribution in [0, 0.1) is 0 Å². The van der Waals surface area contributed by atoms with Crippen LogP contribution in [0.4, 0.5) is 0 Å². The molecule has 7 heteroatoms. The highest BCUT2D eigenvalue weighted by Gasteiger charge is 2.32. The molecule has 0 saturated heterocycles. The smallest absolute Gasteiger partial charge is 0.265 e. The van der Waals surface area contributed by atoms with Crippen molar-refractivity contribution in [2.45, 2.75) is 23.7 Å². The summed E-state index contributed by atoms with van der Waals surface area (Å²) < 4.78 is 26.8. The number of amides is 1. The van der Waals surface area contributed by atoms with Crippen LogP contribution >= 0.6 is 23.2 Å². The molecule has 0 radical (unpaired) electrons. The van der Waals surface area contributed by atoms with E-state index in [0.29, 0.717) is 17.9 Å². The molecule has 0 aliphatic heterocycles. The zero-order valence-electron chi connectivity index (χ0n) is 11.9. The fourth-order valence-corrected chi connectivity index (χ4v) is 4.62. The van der Waals surface area contributed by atoms with Crippen LogP contribution in [0.5, 0.6) is 0 Å². The van der Waals surface area contributed by atoms with Crippen LogP contribution in [0.15, 0.2) is 47.4 Å². The van der Waals surface area contributed by atoms with Crippen molar-refractivity contribution in [2.75, 3.05) is 0 Å². The molecule has 2 aromatic carbocycles. The van der Waals surface area contributed by atoms with Gasteiger partial charge in [0.2, 0.25) is 5.91 Å². The summed E-state index contributed by atoms with van der Waals surface area (Å²) >= 11 is 12.0. The van der Waals surface area contributed by atoms with E-state index in [2.05, 4.69) is 4.72 Å². The lowest BCUT2D eigenvalue weighted by Crippen LogP contribution is -2.34. The molecule has 120 valence electrons. The van der Waals surface area contributed by atoms with Crippen molar-refractivity contribution in [1.29, 1.82) is 0 Å². The topological polar surface area (TPSA) is 63.2 Å². The minimum atomic E-state index is -4.00. The van der Waals surface area contributed by atoms with Crippen molar-refractivity contribution in [2.24, 2.45) is 0 Å². The minimum absolute atomic E-state index is 0.0719. The molecule has 0 saturated carbocycles. The number of hydrogen-bond donors (Lipinski definition) is 1. The highest BCUT2D eigenvalue weighted by Crippen LogP contribution is 2.37. The second kappa shape index (κ2) is 6.15. The van der Waals surface area contributed by atoms with E-state index in [9.17, 15) is 13.2 Å². The second-order valence-electron chi connectivity index (χ2n) is 5.30. The molecule has 3 rings (SSSR count). The number of carbonyl (C=O) groups is 1. The van der Waals surface area contributed by atoms with E-state index in [1.165, 1.54) is 12.1 Å². The van der Waals surface area contributed by atoms with Gasteiger partial charge in [-0.05, 0) is 42.2 Å². The van der Waals surface area contributed by atoms with Gasteiger partial charge >= 0.3 is 0 Å². The lowest BCUT2D eigenvalue weighted by molar-refractivity contribution is -0.120. The van der Waals surface area contributed by atoms with Gasteiger partial charge in [0, 0.05) is 5.02 Å². The summed E-state index contributed by atoms with van der Waals surface area (Å²) in [6.07, 6.45) is 1.18. The quantitative estimate of drug-likeness (QED) is 0.899. The second-order valence-corrected chi connectivity index (χ2v) is 7.76. The molecular formula is C16H13Cl2NO3S. The molecule has 23 heavy (non-hydrogen) atoms. The van der Waals surface area contributed by atoms with Crippen LogP contribution in [-0.2, 0) is 21.2 Å². The van der Waals surface area contributed by atoms with E-state index in [1.54, 1.807) is 30.3 Å². The van der Waals surface area contributed by atoms with Crippen molar-refractivity contribution in [3.8, 4) is 0 Å². The number of fused-ring (bicyclic) bond motifs is 1. The van der Waals surface area contributed by atoms with Crippen molar-refractivity contribution in [1.82, 2.24) is 4.72 Å². The third-order valence-corrected chi connectivity index (χ3v) is 6.09. The summed E-state index contributed by atoms with van der Waals surface area (Å²) in [7, 11) is -4.00. The Labute approximate surface area is 144 Å². The number of rotatable bonds is 3. The Morgan fingerprint density at radius 3 is 2.48 bits per heavy atom. The number of sulfonamides is 1. The van der Waals surface area contributed by atoms with E-state index >= 15 is 0 Å². The maximum atomic E-state index is 12.4. The van der Waals surface area contributed by atoms with Gasteiger partial charge in [0.15, 0.2) is 0 Å². The average Bonchev–Trinajstić information content (AvgIpc) is 2.92. The number of hydrogen-bond acceptors (Lipinski definition) is 3. The molecule has 1 aliphatic carbocycles. The van der Waals surface area contributed by atoms with Crippen molar-refractivity contribution < 1.29 is 13.2 Å². The molecule has 1 amide bonds. The van der Waals surface area contributed by atoms with Crippen LogP contribution in [0.25, 0.3) is 0 Å². The van der Waals surface area contributed by atoms with Gasteiger partial charge in [-0.25, -0.2) is 13.1 Å². The Bertz CT molecular complexity index is 881. The molecule has 1 N–H and O–H groups in total. The Morgan fingerprint density at radius 2 is 1.74 bits per heavy atom. The first-order valence-electron chi connectivity index (χ1n) is 6.98. The van der Waals surface area contributed by atoms with Gasteiger partial charge in [-0.1, -0.05) is 47.5 Å². The average molecular weight is 370 g/mol. The Kier molecular flexibility index (Phi) is 4.36. The van der Waals surface area contributed by atoms with Crippen LogP contribution in [0.1, 0.15) is 23.5 Å². The van der Waals surface area contributed by atoms with Crippen molar-refractivity contribution >= 4 is 39.1 Å². The molecule has 0 fully saturated rings. The van der Waals surface area contributed by atoms with Gasteiger partial charge in [-0.15, -0.1) is 0 Å². The Hall–Kier alpha value is -1.56. The van der Waals surface area contributed by atoms with E-state index < -0.39 is 21.8 Å². The molecule has 0 aromatic heterocycles. The third-order valence-electron chi connectivity index (χ3n) is 3.89. The van der Waals surface area contributed by atoms with E-state index in [0.717, 1.165) is 11.1 Å². The van der Waals surface area contributed by atoms with Crippen LogP contribution in [0.2, 0.25) is 10.0 Å². The van der Waals surface area contributed by atoms with Crippen LogP contribution in [0.3, 0.4) is 0 Å². The maximum Gasteiger partial charge on any atom is 0.265 e. The lowest BCUT2D eigenvalue weighted by atomic mass is 10.0. The first kappa shape index (κ1) is 16.3. The Balaban J connectivity index is 1.87. The van der Waals surface area contributed by atoms with Crippen LogP contribution in [-0.4, -0.2) is 14.3 Å². The summed E-state index contributed by atoms with van der Waals surface area (Å²) in [5, 5.41) is 0.675. The monoisotopic (exact) mass is 369 g/mol. The standard InChI is InChI=1S/C16H13Cl2NO3S/c17-13-6-3-4-10-11(13)8-9-12(10)16(20)19-23(21,22)15-7-2-1-5-14(15)18/h1-7,12H,8-9H2,(H,19,20). The highest BCUT2D eigenvalue weighted by molar-refractivity contribution is 7.90. The molecule has 1 unspecified atom stereocenters. The SMILES string of the molecule is O=C(NS(=O)(=O)c1ccccc1Cl)C1CCc2c(Cl)cccc21. The molecule has 2 aromatic rings. The molecule has 1 atom stereocenters. The number of benzene rings is 2. The molecular weight excluding hydrogens is 357 g/mol. The van der Waals surface area contributed by atoms with Gasteiger partial charge < -0.3 is 0 Å².